The maximum Gasteiger partial charge on any atom is 0.280 e. The van der Waals surface area contributed by atoms with Crippen LogP contribution in [-0.2, 0) is 22.1 Å². The first-order valence-electron chi connectivity index (χ1n) is 5.69. The van der Waals surface area contributed by atoms with Crippen molar-refractivity contribution < 1.29 is 8.42 Å². The van der Waals surface area contributed by atoms with E-state index < -0.39 is 9.05 Å². The first kappa shape index (κ1) is 14.0. The van der Waals surface area contributed by atoms with Crippen molar-refractivity contribution in [3.8, 4) is 0 Å². The Morgan fingerprint density at radius 1 is 1.37 bits per heavy atom. The summed E-state index contributed by atoms with van der Waals surface area (Å²) in [4.78, 5) is 7.90. The lowest BCUT2D eigenvalue weighted by Crippen LogP contribution is -2.12. The maximum absolute atomic E-state index is 11.1. The molecule has 0 radical (unpaired) electrons. The van der Waals surface area contributed by atoms with E-state index in [2.05, 4.69) is 28.9 Å². The molecule has 9 heteroatoms. The molecule has 0 spiro atoms. The highest BCUT2D eigenvalue weighted by Gasteiger charge is 2.14. The summed E-state index contributed by atoms with van der Waals surface area (Å²) in [5.41, 5.74) is 0. The van der Waals surface area contributed by atoms with Crippen molar-refractivity contribution in [1.82, 2.24) is 24.3 Å². The van der Waals surface area contributed by atoms with E-state index in [1.807, 2.05) is 0 Å². The predicted molar refractivity (Wildman–Crippen MR) is 69.2 cm³/mol. The number of aromatic nitrogens is 5. The van der Waals surface area contributed by atoms with E-state index in [-0.39, 0.29) is 5.03 Å². The van der Waals surface area contributed by atoms with Crippen LogP contribution in [0.3, 0.4) is 0 Å². The van der Waals surface area contributed by atoms with Crippen LogP contribution in [0.2, 0.25) is 0 Å². The molecule has 0 atom stereocenters. The van der Waals surface area contributed by atoms with Gasteiger partial charge in [-0.2, -0.15) is 5.10 Å². The Hall–Kier alpha value is -1.41. The zero-order valence-electron chi connectivity index (χ0n) is 10.6. The van der Waals surface area contributed by atoms with E-state index in [9.17, 15) is 8.42 Å². The summed E-state index contributed by atoms with van der Waals surface area (Å²) >= 11 is 0. The van der Waals surface area contributed by atoms with Crippen LogP contribution in [0, 0.1) is 5.92 Å². The molecule has 2 aromatic heterocycles. The van der Waals surface area contributed by atoms with Gasteiger partial charge in [-0.3, -0.25) is 0 Å². The highest BCUT2D eigenvalue weighted by molar-refractivity contribution is 8.13. The third-order valence-electron chi connectivity index (χ3n) is 2.42. The first-order chi connectivity index (χ1) is 8.86. The molecule has 2 aromatic rings. The van der Waals surface area contributed by atoms with Crippen LogP contribution >= 0.6 is 10.7 Å². The van der Waals surface area contributed by atoms with Crippen LogP contribution in [-0.4, -0.2) is 32.7 Å². The van der Waals surface area contributed by atoms with Gasteiger partial charge in [-0.05, 0) is 5.92 Å². The van der Waals surface area contributed by atoms with Crippen molar-refractivity contribution in [2.75, 3.05) is 0 Å². The van der Waals surface area contributed by atoms with E-state index in [0.717, 1.165) is 12.4 Å². The van der Waals surface area contributed by atoms with E-state index in [4.69, 9.17) is 10.7 Å². The molecule has 104 valence electrons. The summed E-state index contributed by atoms with van der Waals surface area (Å²) in [5, 5.41) is 3.97. The largest absolute Gasteiger partial charge is 0.328 e. The fourth-order valence-electron chi connectivity index (χ4n) is 1.62. The van der Waals surface area contributed by atoms with E-state index in [1.165, 1.54) is 18.9 Å². The average molecular weight is 304 g/mol. The molecule has 0 aliphatic heterocycles. The molecule has 0 aliphatic carbocycles. The zero-order chi connectivity index (χ0) is 14.0. The van der Waals surface area contributed by atoms with Gasteiger partial charge < -0.3 is 4.57 Å². The van der Waals surface area contributed by atoms with Gasteiger partial charge in [0.25, 0.3) is 9.05 Å². The number of halogens is 1. The normalized spacial score (nSPS) is 12.2. The second-order valence-electron chi connectivity index (χ2n) is 4.57. The van der Waals surface area contributed by atoms with Crippen molar-refractivity contribution in [2.45, 2.75) is 32.0 Å². The van der Waals surface area contributed by atoms with Crippen molar-refractivity contribution in [3.05, 3.63) is 24.7 Å². The summed E-state index contributed by atoms with van der Waals surface area (Å²) < 4.78 is 25.6. The van der Waals surface area contributed by atoms with E-state index >= 15 is 0 Å². The molecule has 0 aromatic carbocycles. The number of imidazole rings is 1. The van der Waals surface area contributed by atoms with Crippen molar-refractivity contribution in [3.63, 3.8) is 0 Å². The Kier molecular flexibility index (Phi) is 3.91. The smallest absolute Gasteiger partial charge is 0.280 e. The first-order valence-corrected chi connectivity index (χ1v) is 8.00. The van der Waals surface area contributed by atoms with Crippen LogP contribution in [0.5, 0.6) is 0 Å². The lowest BCUT2D eigenvalue weighted by atomic mass is 10.2. The molecule has 0 unspecified atom stereocenters. The molecule has 0 N–H and O–H groups in total. The highest BCUT2D eigenvalue weighted by atomic mass is 35.7. The molecule has 0 fully saturated rings. The van der Waals surface area contributed by atoms with Crippen molar-refractivity contribution >= 4 is 19.7 Å². The Morgan fingerprint density at radius 2 is 2.11 bits per heavy atom. The number of rotatable bonds is 5. The van der Waals surface area contributed by atoms with Gasteiger partial charge in [-0.1, -0.05) is 13.8 Å². The van der Waals surface area contributed by atoms with Crippen LogP contribution in [0.25, 0.3) is 0 Å². The summed E-state index contributed by atoms with van der Waals surface area (Å²) in [6, 6.07) is 0. The van der Waals surface area contributed by atoms with Crippen LogP contribution in [0.15, 0.2) is 23.9 Å². The minimum atomic E-state index is -3.79. The molecule has 0 saturated carbocycles. The lowest BCUT2D eigenvalue weighted by Gasteiger charge is -2.08. The fourth-order valence-corrected chi connectivity index (χ4v) is 2.30. The molecular weight excluding hydrogens is 290 g/mol. The van der Waals surface area contributed by atoms with Gasteiger partial charge in [-0.15, -0.1) is 0 Å². The van der Waals surface area contributed by atoms with Gasteiger partial charge in [0.1, 0.15) is 12.2 Å². The van der Waals surface area contributed by atoms with Gasteiger partial charge in [0.2, 0.25) is 0 Å². The van der Waals surface area contributed by atoms with Crippen LogP contribution < -0.4 is 0 Å². The Bertz CT molecular complexity index is 661. The molecule has 2 heterocycles. The number of hydrogen-bond donors (Lipinski definition) is 0. The Balaban J connectivity index is 2.18. The number of hydrogen-bond acceptors (Lipinski definition) is 5. The third kappa shape index (κ3) is 3.54. The Morgan fingerprint density at radius 3 is 2.68 bits per heavy atom. The fraction of sp³-hybridized carbons (Fsp3) is 0.500. The highest BCUT2D eigenvalue weighted by Crippen LogP contribution is 2.12. The van der Waals surface area contributed by atoms with E-state index in [1.54, 1.807) is 9.25 Å². The number of nitrogens with zero attached hydrogens (tertiary/aromatic N) is 5. The second-order valence-corrected chi connectivity index (χ2v) is 7.09. The minimum Gasteiger partial charge on any atom is -0.328 e. The van der Waals surface area contributed by atoms with Gasteiger partial charge in [0.05, 0.1) is 12.9 Å². The van der Waals surface area contributed by atoms with Gasteiger partial charge in [0.15, 0.2) is 5.03 Å². The van der Waals surface area contributed by atoms with Crippen LogP contribution in [0.1, 0.15) is 19.7 Å². The summed E-state index contributed by atoms with van der Waals surface area (Å²) in [6.07, 6.45) is 4.26. The minimum absolute atomic E-state index is 0.163. The SMILES string of the molecule is CC(C)Cn1ncnc1Cn1cnc(S(=O)(=O)Cl)c1. The van der Waals surface area contributed by atoms with Crippen molar-refractivity contribution in [2.24, 2.45) is 5.92 Å². The maximum atomic E-state index is 11.1. The molecular formula is C10H14ClN5O2S. The standard InChI is InChI=1S/C10H14ClN5O2S/c1-8(2)3-16-9(12-6-14-16)4-15-5-10(13-7-15)19(11,17)18/h5-8H,3-4H2,1-2H3. The summed E-state index contributed by atoms with van der Waals surface area (Å²) in [6.45, 7) is 5.32. The monoisotopic (exact) mass is 303 g/mol. The van der Waals surface area contributed by atoms with Crippen LogP contribution in [0.4, 0.5) is 0 Å². The lowest BCUT2D eigenvalue weighted by molar-refractivity contribution is 0.460. The Labute approximate surface area is 115 Å². The van der Waals surface area contributed by atoms with Crippen molar-refractivity contribution in [1.29, 1.82) is 0 Å². The molecule has 0 amide bonds. The van der Waals surface area contributed by atoms with Gasteiger partial charge in [0, 0.05) is 23.4 Å². The topological polar surface area (TPSA) is 82.7 Å². The summed E-state index contributed by atoms with van der Waals surface area (Å²) in [5.74, 6) is 1.19. The molecule has 7 nitrogen and oxygen atoms in total. The molecule has 0 aliphatic rings. The molecule has 0 saturated heterocycles. The average Bonchev–Trinajstić information content (AvgIpc) is 2.88. The molecule has 19 heavy (non-hydrogen) atoms. The predicted octanol–water partition coefficient (Wildman–Crippen LogP) is 1.11. The third-order valence-corrected chi connectivity index (χ3v) is 3.60. The summed E-state index contributed by atoms with van der Waals surface area (Å²) in [7, 11) is 1.42. The zero-order valence-corrected chi connectivity index (χ0v) is 12.1. The van der Waals surface area contributed by atoms with E-state index in [0.29, 0.717) is 12.5 Å². The molecule has 0 bridgehead atoms. The second kappa shape index (κ2) is 5.30. The van der Waals surface area contributed by atoms with Gasteiger partial charge >= 0.3 is 0 Å². The van der Waals surface area contributed by atoms with Gasteiger partial charge in [-0.25, -0.2) is 23.1 Å². The quantitative estimate of drug-likeness (QED) is 0.773. The molecule has 2 rings (SSSR count).